The molecule has 0 saturated carbocycles. The van der Waals surface area contributed by atoms with Gasteiger partial charge in [-0.2, -0.15) is 0 Å². The summed E-state index contributed by atoms with van der Waals surface area (Å²) in [6, 6.07) is 24.7. The van der Waals surface area contributed by atoms with Gasteiger partial charge in [-0.25, -0.2) is 0 Å². The van der Waals surface area contributed by atoms with Gasteiger partial charge in [0.1, 0.15) is 11.8 Å². The summed E-state index contributed by atoms with van der Waals surface area (Å²) in [5, 5.41) is 3.09. The van der Waals surface area contributed by atoms with Gasteiger partial charge in [0.05, 0.1) is 0 Å². The first kappa shape index (κ1) is 26.0. The Morgan fingerprint density at radius 2 is 1.51 bits per heavy atom. The summed E-state index contributed by atoms with van der Waals surface area (Å²) in [5.41, 5.74) is 4.07. The second kappa shape index (κ2) is 12.7. The van der Waals surface area contributed by atoms with Crippen molar-refractivity contribution in [2.75, 3.05) is 6.61 Å². The lowest BCUT2D eigenvalue weighted by Gasteiger charge is -2.32. The van der Waals surface area contributed by atoms with Gasteiger partial charge in [0.2, 0.25) is 5.91 Å². The fourth-order valence-corrected chi connectivity index (χ4v) is 3.88. The molecular formula is C30H36N2O3. The van der Waals surface area contributed by atoms with Crippen LogP contribution in [0.2, 0.25) is 0 Å². The summed E-state index contributed by atoms with van der Waals surface area (Å²) in [5.74, 6) is 0.302. The quantitative estimate of drug-likeness (QED) is 0.415. The largest absolute Gasteiger partial charge is 0.483 e. The number of carbonyl (C=O) groups excluding carboxylic acids is 2. The van der Waals surface area contributed by atoms with Crippen LogP contribution >= 0.6 is 0 Å². The summed E-state index contributed by atoms with van der Waals surface area (Å²) in [4.78, 5) is 28.8. The molecule has 0 radical (unpaired) electrons. The summed E-state index contributed by atoms with van der Waals surface area (Å²) < 4.78 is 5.96. The topological polar surface area (TPSA) is 58.6 Å². The molecule has 0 aliphatic rings. The molecule has 0 aliphatic carbocycles. The van der Waals surface area contributed by atoms with Crippen LogP contribution in [0.25, 0.3) is 0 Å². The van der Waals surface area contributed by atoms with Crippen LogP contribution in [0.4, 0.5) is 0 Å². The second-order valence-corrected chi connectivity index (χ2v) is 9.02. The van der Waals surface area contributed by atoms with Crippen LogP contribution in [0, 0.1) is 13.8 Å². The molecule has 0 saturated heterocycles. The van der Waals surface area contributed by atoms with Crippen LogP contribution in [0.3, 0.4) is 0 Å². The van der Waals surface area contributed by atoms with E-state index < -0.39 is 6.04 Å². The predicted molar refractivity (Wildman–Crippen MR) is 140 cm³/mol. The molecule has 5 nitrogen and oxygen atoms in total. The van der Waals surface area contributed by atoms with Gasteiger partial charge in [0, 0.05) is 19.0 Å². The molecule has 2 amide bonds. The highest BCUT2D eigenvalue weighted by Crippen LogP contribution is 2.21. The van der Waals surface area contributed by atoms with Crippen LogP contribution in [0.15, 0.2) is 78.9 Å². The van der Waals surface area contributed by atoms with E-state index in [1.807, 2.05) is 107 Å². The number of ether oxygens (including phenoxy) is 1. The smallest absolute Gasteiger partial charge is 0.261 e. The van der Waals surface area contributed by atoms with Gasteiger partial charge >= 0.3 is 0 Å². The van der Waals surface area contributed by atoms with Crippen molar-refractivity contribution in [2.45, 2.75) is 59.2 Å². The molecule has 1 N–H and O–H groups in total. The third-order valence-electron chi connectivity index (χ3n) is 6.37. The van der Waals surface area contributed by atoms with Crippen LogP contribution in [0.5, 0.6) is 5.75 Å². The summed E-state index contributed by atoms with van der Waals surface area (Å²) in [6.45, 7) is 8.18. The predicted octanol–water partition coefficient (Wildman–Crippen LogP) is 5.24. The molecule has 0 unspecified atom stereocenters. The maximum absolute atomic E-state index is 13.6. The number of benzene rings is 3. The summed E-state index contributed by atoms with van der Waals surface area (Å²) in [7, 11) is 0. The Kier molecular flexibility index (Phi) is 9.47. The van der Waals surface area contributed by atoms with Crippen molar-refractivity contribution >= 4 is 11.8 Å². The summed E-state index contributed by atoms with van der Waals surface area (Å²) in [6.07, 6.45) is 1.23. The number of aryl methyl sites for hydroxylation is 1. The lowest BCUT2D eigenvalue weighted by Crippen LogP contribution is -2.53. The lowest BCUT2D eigenvalue weighted by molar-refractivity contribution is -0.143. The van der Waals surface area contributed by atoms with Gasteiger partial charge in [0.15, 0.2) is 6.61 Å². The van der Waals surface area contributed by atoms with Crippen molar-refractivity contribution in [3.05, 3.63) is 101 Å². The van der Waals surface area contributed by atoms with E-state index in [-0.39, 0.29) is 24.5 Å². The van der Waals surface area contributed by atoms with Crippen LogP contribution < -0.4 is 10.1 Å². The average molecular weight is 473 g/mol. The van der Waals surface area contributed by atoms with E-state index >= 15 is 0 Å². The third kappa shape index (κ3) is 7.44. The van der Waals surface area contributed by atoms with E-state index in [1.165, 1.54) is 0 Å². The SMILES string of the molecule is CC[C@@H](C)NC(=O)[C@H](Cc1ccccc1)N(Cc1ccccc1)C(=O)COc1cccc(C)c1C. The van der Waals surface area contributed by atoms with Crippen molar-refractivity contribution in [3.8, 4) is 5.75 Å². The zero-order valence-corrected chi connectivity index (χ0v) is 21.2. The van der Waals surface area contributed by atoms with Gasteiger partial charge in [-0.1, -0.05) is 79.7 Å². The molecule has 3 aromatic rings. The molecule has 0 aliphatic heterocycles. The first-order valence-corrected chi connectivity index (χ1v) is 12.3. The van der Waals surface area contributed by atoms with Gasteiger partial charge in [-0.15, -0.1) is 0 Å². The zero-order valence-electron chi connectivity index (χ0n) is 21.2. The monoisotopic (exact) mass is 472 g/mol. The standard InChI is InChI=1S/C30H36N2O3/c1-5-23(3)31-30(34)27(19-25-14-8-6-9-15-25)32(20-26-16-10-7-11-17-26)29(33)21-35-28-18-12-13-22(2)24(28)4/h6-18,23,27H,5,19-21H2,1-4H3,(H,31,34)/t23-,27+/m1/s1. The molecule has 0 spiro atoms. The van der Waals surface area contributed by atoms with Crippen LogP contribution in [0.1, 0.15) is 42.5 Å². The van der Waals surface area contributed by atoms with Gasteiger partial charge in [0.25, 0.3) is 5.91 Å². The van der Waals surface area contributed by atoms with E-state index in [9.17, 15) is 9.59 Å². The molecule has 5 heteroatoms. The Bertz CT molecular complexity index is 1100. The highest BCUT2D eigenvalue weighted by molar-refractivity contribution is 5.88. The first-order valence-electron chi connectivity index (χ1n) is 12.3. The van der Waals surface area contributed by atoms with E-state index in [2.05, 4.69) is 5.32 Å². The minimum Gasteiger partial charge on any atom is -0.483 e. The van der Waals surface area contributed by atoms with E-state index in [0.29, 0.717) is 18.7 Å². The Balaban J connectivity index is 1.91. The Morgan fingerprint density at radius 1 is 0.886 bits per heavy atom. The molecule has 0 fully saturated rings. The molecule has 3 aromatic carbocycles. The zero-order chi connectivity index (χ0) is 25.2. The van der Waals surface area contributed by atoms with Gasteiger partial charge in [-0.05, 0) is 55.5 Å². The number of nitrogens with zero attached hydrogens (tertiary/aromatic N) is 1. The van der Waals surface area contributed by atoms with Crippen molar-refractivity contribution < 1.29 is 14.3 Å². The Hall–Kier alpha value is -3.60. The Labute approximate surface area is 209 Å². The van der Waals surface area contributed by atoms with E-state index in [1.54, 1.807) is 4.90 Å². The van der Waals surface area contributed by atoms with Gasteiger partial charge < -0.3 is 15.0 Å². The number of rotatable bonds is 11. The van der Waals surface area contributed by atoms with Crippen molar-refractivity contribution in [1.29, 1.82) is 0 Å². The highest BCUT2D eigenvalue weighted by Gasteiger charge is 2.31. The molecule has 35 heavy (non-hydrogen) atoms. The fourth-order valence-electron chi connectivity index (χ4n) is 3.88. The highest BCUT2D eigenvalue weighted by atomic mass is 16.5. The fraction of sp³-hybridized carbons (Fsp3) is 0.333. The number of hydrogen-bond acceptors (Lipinski definition) is 3. The van der Waals surface area contributed by atoms with E-state index in [0.717, 1.165) is 28.7 Å². The van der Waals surface area contributed by atoms with Crippen LogP contribution in [-0.2, 0) is 22.6 Å². The second-order valence-electron chi connectivity index (χ2n) is 9.02. The van der Waals surface area contributed by atoms with Gasteiger partial charge in [-0.3, -0.25) is 9.59 Å². The number of hydrogen-bond donors (Lipinski definition) is 1. The third-order valence-corrected chi connectivity index (χ3v) is 6.37. The molecule has 184 valence electrons. The number of nitrogens with one attached hydrogen (secondary N) is 1. The minimum atomic E-state index is -0.665. The Morgan fingerprint density at radius 3 is 2.14 bits per heavy atom. The van der Waals surface area contributed by atoms with Crippen molar-refractivity contribution in [2.24, 2.45) is 0 Å². The average Bonchev–Trinajstić information content (AvgIpc) is 2.87. The summed E-state index contributed by atoms with van der Waals surface area (Å²) >= 11 is 0. The van der Waals surface area contributed by atoms with Crippen LogP contribution in [-0.4, -0.2) is 35.4 Å². The molecule has 0 heterocycles. The molecular weight excluding hydrogens is 436 g/mol. The first-order chi connectivity index (χ1) is 16.9. The number of carbonyl (C=O) groups is 2. The normalized spacial score (nSPS) is 12.5. The van der Waals surface area contributed by atoms with Crippen molar-refractivity contribution in [1.82, 2.24) is 10.2 Å². The molecule has 2 atom stereocenters. The minimum absolute atomic E-state index is 0.0145. The van der Waals surface area contributed by atoms with E-state index in [4.69, 9.17) is 4.74 Å². The van der Waals surface area contributed by atoms with Crippen molar-refractivity contribution in [3.63, 3.8) is 0 Å². The lowest BCUT2D eigenvalue weighted by atomic mass is 10.0. The maximum atomic E-state index is 13.6. The maximum Gasteiger partial charge on any atom is 0.261 e. The molecule has 0 aromatic heterocycles. The number of amides is 2. The molecule has 3 rings (SSSR count). The molecule has 0 bridgehead atoms.